The minimum absolute atomic E-state index is 0.0856. The summed E-state index contributed by atoms with van der Waals surface area (Å²) in [6.07, 6.45) is 1.20. The van der Waals surface area contributed by atoms with E-state index >= 15 is 4.79 Å². The molecule has 3 aliphatic rings. The monoisotopic (exact) mass is 786 g/mol. The summed E-state index contributed by atoms with van der Waals surface area (Å²) in [5.74, 6) is -0.261. The van der Waals surface area contributed by atoms with Gasteiger partial charge >= 0.3 is 10.2 Å². The number of ether oxygens (including phenoxy) is 1. The van der Waals surface area contributed by atoms with Crippen LogP contribution in [0, 0.1) is 6.92 Å². The van der Waals surface area contributed by atoms with E-state index in [4.69, 9.17) is 4.74 Å². The minimum atomic E-state index is -3.87. The third-order valence-electron chi connectivity index (χ3n) is 12.0. The van der Waals surface area contributed by atoms with Crippen molar-refractivity contribution in [1.82, 2.24) is 18.7 Å². The zero-order chi connectivity index (χ0) is 39.8. The van der Waals surface area contributed by atoms with Crippen LogP contribution in [0.25, 0.3) is 11.3 Å². The highest BCUT2D eigenvalue weighted by molar-refractivity contribution is 7.90. The number of hydrogen-bond acceptors (Lipinski definition) is 6. The molecule has 8 rings (SSSR count). The van der Waals surface area contributed by atoms with Crippen LogP contribution in [-0.4, -0.2) is 98.4 Å². The quantitative estimate of drug-likeness (QED) is 0.184. The number of amides is 2. The average Bonchev–Trinajstić information content (AvgIpc) is 3.55. The van der Waals surface area contributed by atoms with Gasteiger partial charge in [0.05, 0.1) is 24.5 Å². The van der Waals surface area contributed by atoms with Gasteiger partial charge in [-0.25, -0.2) is 0 Å². The second-order valence-corrected chi connectivity index (χ2v) is 17.3. The van der Waals surface area contributed by atoms with Crippen molar-refractivity contribution < 1.29 is 22.7 Å². The first-order valence-electron chi connectivity index (χ1n) is 19.6. The van der Waals surface area contributed by atoms with Crippen LogP contribution in [0.4, 0.5) is 11.4 Å². The van der Waals surface area contributed by atoms with Gasteiger partial charge in [-0.2, -0.15) is 12.7 Å². The lowest BCUT2D eigenvalue weighted by Gasteiger charge is -2.41. The summed E-state index contributed by atoms with van der Waals surface area (Å²) in [7, 11) is 1.41. The summed E-state index contributed by atoms with van der Waals surface area (Å²) < 4.78 is 38.5. The Labute approximate surface area is 335 Å². The Morgan fingerprint density at radius 3 is 2.11 bits per heavy atom. The number of nitrogens with zero attached hydrogens (tertiary/aromatic N) is 6. The van der Waals surface area contributed by atoms with Gasteiger partial charge in [-0.05, 0) is 84.5 Å². The first-order chi connectivity index (χ1) is 27.5. The number of morpholine rings is 1. The Hall–Kier alpha value is -5.27. The molecular weight excluding hydrogens is 737 g/mol. The smallest absolute Gasteiger partial charge is 0.304 e. The van der Waals surface area contributed by atoms with E-state index in [1.807, 2.05) is 90.2 Å². The van der Waals surface area contributed by atoms with Gasteiger partial charge < -0.3 is 19.1 Å². The molecule has 1 fully saturated rings. The van der Waals surface area contributed by atoms with Gasteiger partial charge in [0, 0.05) is 94.7 Å². The highest BCUT2D eigenvalue weighted by atomic mass is 32.2. The number of hydrogen-bond donors (Lipinski definition) is 0. The first kappa shape index (κ1) is 38.6. The Kier molecular flexibility index (Phi) is 10.8. The number of aromatic nitrogens is 1. The fourth-order valence-electron chi connectivity index (χ4n) is 8.46. The van der Waals surface area contributed by atoms with Crippen LogP contribution in [0.5, 0.6) is 0 Å². The molecule has 1 atom stereocenters. The Morgan fingerprint density at radius 2 is 1.40 bits per heavy atom. The molecule has 0 saturated carbocycles. The summed E-state index contributed by atoms with van der Waals surface area (Å²) >= 11 is 0. The van der Waals surface area contributed by atoms with Crippen molar-refractivity contribution in [2.45, 2.75) is 38.9 Å². The number of benzene rings is 4. The Morgan fingerprint density at radius 1 is 0.754 bits per heavy atom. The first-order valence-corrected chi connectivity index (χ1v) is 21.0. The van der Waals surface area contributed by atoms with Crippen LogP contribution in [0.3, 0.4) is 0 Å². The molecule has 3 aliphatic heterocycles. The van der Waals surface area contributed by atoms with E-state index in [0.717, 1.165) is 65.4 Å². The summed E-state index contributed by atoms with van der Waals surface area (Å²) in [5, 5.41) is 0. The van der Waals surface area contributed by atoms with E-state index in [1.54, 1.807) is 31.1 Å². The van der Waals surface area contributed by atoms with E-state index in [-0.39, 0.29) is 24.4 Å². The third kappa shape index (κ3) is 7.50. The molecule has 0 spiro atoms. The molecule has 12 heteroatoms. The second kappa shape index (κ2) is 15.9. The maximum atomic E-state index is 15.4. The molecule has 1 saturated heterocycles. The van der Waals surface area contributed by atoms with Crippen molar-refractivity contribution in [2.75, 3.05) is 62.7 Å². The minimum Gasteiger partial charge on any atom is -0.379 e. The Balaban J connectivity index is 1.21. The number of carbonyl (C=O) groups excluding carboxylic acids is 2. The fraction of sp³-hybridized carbons (Fsp3) is 0.333. The molecule has 1 aromatic heterocycles. The van der Waals surface area contributed by atoms with Crippen LogP contribution < -0.4 is 9.21 Å². The van der Waals surface area contributed by atoms with Gasteiger partial charge in [0.25, 0.3) is 11.8 Å². The normalized spacial score (nSPS) is 17.5. The number of para-hydroxylation sites is 2. The average molecular weight is 787 g/mol. The fourth-order valence-corrected chi connectivity index (χ4v) is 9.82. The van der Waals surface area contributed by atoms with Gasteiger partial charge in [-0.3, -0.25) is 18.8 Å². The molecular formula is C45H50N6O5S. The zero-order valence-electron chi connectivity index (χ0n) is 33.1. The van der Waals surface area contributed by atoms with Gasteiger partial charge in [-0.15, -0.1) is 0 Å². The molecule has 296 valence electrons. The third-order valence-corrected chi connectivity index (χ3v) is 13.9. The molecule has 0 unspecified atom stereocenters. The van der Waals surface area contributed by atoms with E-state index in [2.05, 4.69) is 29.2 Å². The maximum absolute atomic E-state index is 15.4. The van der Waals surface area contributed by atoms with E-state index in [9.17, 15) is 13.2 Å². The summed E-state index contributed by atoms with van der Waals surface area (Å²) in [4.78, 5) is 35.5. The topological polar surface area (TPSA) is 98.6 Å². The Bertz CT molecular complexity index is 2390. The molecule has 0 bridgehead atoms. The molecule has 0 aliphatic carbocycles. The summed E-state index contributed by atoms with van der Waals surface area (Å²) in [6, 6.07) is 32.7. The van der Waals surface area contributed by atoms with Gasteiger partial charge in [0.15, 0.2) is 0 Å². The van der Waals surface area contributed by atoms with Crippen LogP contribution >= 0.6 is 0 Å². The van der Waals surface area contributed by atoms with Crippen molar-refractivity contribution in [1.29, 1.82) is 0 Å². The zero-order valence-corrected chi connectivity index (χ0v) is 33.9. The van der Waals surface area contributed by atoms with Crippen molar-refractivity contribution in [2.24, 2.45) is 7.05 Å². The highest BCUT2D eigenvalue weighted by Gasteiger charge is 2.36. The van der Waals surface area contributed by atoms with Crippen LogP contribution in [-0.2, 0) is 47.9 Å². The van der Waals surface area contributed by atoms with Gasteiger partial charge in [0.2, 0.25) is 0 Å². The molecule has 0 N–H and O–H groups in total. The SMILES string of the molecule is Cc1c(C(=O)N(C)c2ccccc2)cc(-c2cc3c(cc2C(=O)N2Cc4ccccc4C[C@H]2CN2CCOCC2)CN(S(=O)(=O)N(C)c2ccccc2)CC3)n1C. The predicted molar refractivity (Wildman–Crippen MR) is 224 cm³/mol. The molecule has 4 aromatic carbocycles. The molecule has 11 nitrogen and oxygen atoms in total. The highest BCUT2D eigenvalue weighted by Crippen LogP contribution is 2.37. The van der Waals surface area contributed by atoms with Crippen molar-refractivity contribution in [3.05, 3.63) is 142 Å². The number of anilines is 2. The number of rotatable bonds is 9. The largest absolute Gasteiger partial charge is 0.379 e. The molecule has 57 heavy (non-hydrogen) atoms. The standard InChI is InChI=1S/C45H50N6O5S/c1-32-40(44(52)47(3)37-15-7-5-8-16-37)28-43(46(32)2)41-26-34-19-20-50(57(54,55)48(4)38-17-9-6-10-18-38)29-36(34)27-42(41)45(53)51-30-35-14-12-11-13-33(35)25-39(51)31-49-21-23-56-24-22-49/h5-18,26-28,39H,19-25,29-31H2,1-4H3/t39-/m0/s1. The summed E-state index contributed by atoms with van der Waals surface area (Å²) in [5.41, 5.74) is 8.82. The van der Waals surface area contributed by atoms with Crippen molar-refractivity contribution >= 4 is 33.4 Å². The lowest BCUT2D eigenvalue weighted by molar-refractivity contribution is 0.0193. The maximum Gasteiger partial charge on any atom is 0.304 e. The molecule has 0 radical (unpaired) electrons. The second-order valence-electron chi connectivity index (χ2n) is 15.3. The lowest BCUT2D eigenvalue weighted by atomic mass is 9.89. The van der Waals surface area contributed by atoms with Crippen LogP contribution in [0.1, 0.15) is 48.7 Å². The van der Waals surface area contributed by atoms with Crippen molar-refractivity contribution in [3.8, 4) is 11.3 Å². The van der Waals surface area contributed by atoms with Gasteiger partial charge in [-0.1, -0.05) is 60.7 Å². The van der Waals surface area contributed by atoms with Crippen molar-refractivity contribution in [3.63, 3.8) is 0 Å². The van der Waals surface area contributed by atoms with E-state index in [1.165, 1.54) is 14.2 Å². The molecule has 2 amide bonds. The number of carbonyl (C=O) groups is 2. The van der Waals surface area contributed by atoms with E-state index in [0.29, 0.717) is 49.5 Å². The summed E-state index contributed by atoms with van der Waals surface area (Å²) in [6.45, 7) is 6.48. The predicted octanol–water partition coefficient (Wildman–Crippen LogP) is 5.92. The molecule has 5 aromatic rings. The molecule has 4 heterocycles. The van der Waals surface area contributed by atoms with E-state index < -0.39 is 10.2 Å². The van der Waals surface area contributed by atoms with Crippen LogP contribution in [0.15, 0.2) is 103 Å². The van der Waals surface area contributed by atoms with Crippen LogP contribution in [0.2, 0.25) is 0 Å². The number of fused-ring (bicyclic) bond motifs is 2. The van der Waals surface area contributed by atoms with Gasteiger partial charge in [0.1, 0.15) is 0 Å². The lowest BCUT2D eigenvalue weighted by Crippen LogP contribution is -2.52.